The number of benzene rings is 4. The highest BCUT2D eigenvalue weighted by Crippen LogP contribution is 2.32. The van der Waals surface area contributed by atoms with E-state index >= 15 is 0 Å². The smallest absolute Gasteiger partial charge is 0.189 e. The Morgan fingerprint density at radius 1 is 0.793 bits per heavy atom. The highest BCUT2D eigenvalue weighted by Gasteiger charge is 2.12. The summed E-state index contributed by atoms with van der Waals surface area (Å²) in [5.74, 6) is -0.0814. The van der Waals surface area contributed by atoms with Crippen molar-refractivity contribution in [1.82, 2.24) is 0 Å². The molecule has 0 saturated heterocycles. The van der Waals surface area contributed by atoms with Crippen molar-refractivity contribution in [2.75, 3.05) is 5.32 Å². The molecule has 0 bridgehead atoms. The number of anilines is 1. The van der Waals surface area contributed by atoms with Gasteiger partial charge in [-0.3, -0.25) is 4.79 Å². The van der Waals surface area contributed by atoms with Gasteiger partial charge < -0.3 is 5.32 Å². The predicted octanol–water partition coefficient (Wildman–Crippen LogP) is 7.59. The van der Waals surface area contributed by atoms with Crippen molar-refractivity contribution in [2.45, 2.75) is 0 Å². The summed E-state index contributed by atoms with van der Waals surface area (Å²) >= 11 is 9.83. The molecule has 0 atom stereocenters. The molecule has 0 aliphatic carbocycles. The average molecular weight is 463 g/mol. The van der Waals surface area contributed by atoms with Gasteiger partial charge in [0.2, 0.25) is 0 Å². The van der Waals surface area contributed by atoms with E-state index in [9.17, 15) is 4.79 Å². The summed E-state index contributed by atoms with van der Waals surface area (Å²) < 4.78 is 0.769. The second-order valence-electron chi connectivity index (χ2n) is 6.53. The number of halogens is 2. The van der Waals surface area contributed by atoms with Crippen LogP contribution in [0.1, 0.15) is 15.9 Å². The number of rotatable bonds is 5. The topological polar surface area (TPSA) is 29.1 Å². The van der Waals surface area contributed by atoms with E-state index in [0.29, 0.717) is 10.6 Å². The van der Waals surface area contributed by atoms with Crippen LogP contribution in [0.15, 0.2) is 102 Å². The summed E-state index contributed by atoms with van der Waals surface area (Å²) in [6.07, 6.45) is 1.64. The molecule has 0 radical (unpaired) electrons. The molecule has 0 saturated carbocycles. The maximum Gasteiger partial charge on any atom is 0.189 e. The molecule has 0 aliphatic heterocycles. The van der Waals surface area contributed by atoms with Gasteiger partial charge in [-0.05, 0) is 29.8 Å². The van der Waals surface area contributed by atoms with Gasteiger partial charge in [0.05, 0.1) is 0 Å². The molecule has 0 heterocycles. The fourth-order valence-electron chi connectivity index (χ4n) is 3.20. The molecular formula is C25H17BrClNO. The fraction of sp³-hybridized carbons (Fsp3) is 0. The first kappa shape index (κ1) is 19.4. The van der Waals surface area contributed by atoms with E-state index in [1.54, 1.807) is 6.08 Å². The zero-order valence-electron chi connectivity index (χ0n) is 15.4. The van der Waals surface area contributed by atoms with Gasteiger partial charge in [0, 0.05) is 43.3 Å². The zero-order chi connectivity index (χ0) is 20.2. The third kappa shape index (κ3) is 4.26. The summed E-state index contributed by atoms with van der Waals surface area (Å²) in [6, 6.07) is 29.0. The highest BCUT2D eigenvalue weighted by molar-refractivity contribution is 9.10. The van der Waals surface area contributed by atoms with Crippen LogP contribution < -0.4 is 5.32 Å². The molecule has 0 aliphatic rings. The Morgan fingerprint density at radius 2 is 1.45 bits per heavy atom. The summed E-state index contributed by atoms with van der Waals surface area (Å²) in [5, 5.41) is 6.10. The van der Waals surface area contributed by atoms with Gasteiger partial charge >= 0.3 is 0 Å². The predicted molar refractivity (Wildman–Crippen MR) is 125 cm³/mol. The number of ketones is 1. The molecule has 142 valence electrons. The van der Waals surface area contributed by atoms with Crippen LogP contribution in [0.2, 0.25) is 5.02 Å². The number of carbonyl (C=O) groups excluding carboxylic acids is 1. The lowest BCUT2D eigenvalue weighted by Gasteiger charge is -2.15. The molecule has 0 amide bonds. The van der Waals surface area contributed by atoms with E-state index < -0.39 is 0 Å². The van der Waals surface area contributed by atoms with Crippen molar-refractivity contribution in [1.29, 1.82) is 0 Å². The summed E-state index contributed by atoms with van der Waals surface area (Å²) in [5.41, 5.74) is 3.15. The largest absolute Gasteiger partial charge is 0.354 e. The first-order valence-electron chi connectivity index (χ1n) is 9.14. The zero-order valence-corrected chi connectivity index (χ0v) is 17.7. The van der Waals surface area contributed by atoms with Crippen LogP contribution in [0.4, 0.5) is 5.69 Å². The number of carbonyl (C=O) groups is 1. The van der Waals surface area contributed by atoms with Gasteiger partial charge in [0.1, 0.15) is 0 Å². The molecule has 0 fully saturated rings. The Labute approximate surface area is 183 Å². The van der Waals surface area contributed by atoms with Crippen molar-refractivity contribution in [3.8, 4) is 0 Å². The minimum atomic E-state index is -0.0814. The number of hydrogen-bond acceptors (Lipinski definition) is 2. The SMILES string of the molecule is O=C(/C=C(/Nc1ccc(Cl)c2ccccc12)c1ccccc1)c1ccccc1Br. The quantitative estimate of drug-likeness (QED) is 0.244. The molecule has 4 heteroatoms. The first-order chi connectivity index (χ1) is 14.1. The minimum absolute atomic E-state index is 0.0814. The Bertz CT molecular complexity index is 1220. The van der Waals surface area contributed by atoms with E-state index in [-0.39, 0.29) is 5.78 Å². The molecular weight excluding hydrogens is 446 g/mol. The van der Waals surface area contributed by atoms with Crippen LogP contribution in [0.5, 0.6) is 0 Å². The summed E-state index contributed by atoms with van der Waals surface area (Å²) in [4.78, 5) is 13.0. The molecule has 0 unspecified atom stereocenters. The Kier molecular flexibility index (Phi) is 5.79. The molecule has 4 rings (SSSR count). The third-order valence-electron chi connectivity index (χ3n) is 4.64. The molecule has 0 aromatic heterocycles. The lowest BCUT2D eigenvalue weighted by atomic mass is 10.0. The van der Waals surface area contributed by atoms with Crippen LogP contribution in [0.3, 0.4) is 0 Å². The van der Waals surface area contributed by atoms with Gasteiger partial charge in [-0.2, -0.15) is 0 Å². The van der Waals surface area contributed by atoms with E-state index in [0.717, 1.165) is 32.2 Å². The van der Waals surface area contributed by atoms with Gasteiger partial charge in [0.25, 0.3) is 0 Å². The number of nitrogens with one attached hydrogen (secondary N) is 1. The van der Waals surface area contributed by atoms with E-state index in [1.165, 1.54) is 0 Å². The van der Waals surface area contributed by atoms with Gasteiger partial charge in [-0.1, -0.05) is 94.3 Å². The van der Waals surface area contributed by atoms with E-state index in [1.807, 2.05) is 91.0 Å². The Hall–Kier alpha value is -2.88. The maximum absolute atomic E-state index is 13.0. The monoisotopic (exact) mass is 461 g/mol. The fourth-order valence-corrected chi connectivity index (χ4v) is 3.90. The van der Waals surface area contributed by atoms with Crippen molar-refractivity contribution < 1.29 is 4.79 Å². The lowest BCUT2D eigenvalue weighted by molar-refractivity contribution is 0.104. The van der Waals surface area contributed by atoms with E-state index in [2.05, 4.69) is 21.2 Å². The van der Waals surface area contributed by atoms with Crippen molar-refractivity contribution in [2.24, 2.45) is 0 Å². The van der Waals surface area contributed by atoms with Gasteiger partial charge in [0.15, 0.2) is 5.78 Å². The molecule has 0 spiro atoms. The van der Waals surface area contributed by atoms with Crippen molar-refractivity contribution in [3.63, 3.8) is 0 Å². The standard InChI is InChI=1S/C25H17BrClNO/c26-21-13-7-6-12-20(21)25(29)16-24(17-8-2-1-3-9-17)28-23-15-14-22(27)18-10-4-5-11-19(18)23/h1-16,28H/b24-16+. The summed E-state index contributed by atoms with van der Waals surface area (Å²) in [7, 11) is 0. The Balaban J connectivity index is 1.80. The van der Waals surface area contributed by atoms with Crippen LogP contribution in [0, 0.1) is 0 Å². The normalized spacial score (nSPS) is 11.4. The minimum Gasteiger partial charge on any atom is -0.354 e. The number of hydrogen-bond donors (Lipinski definition) is 1. The second-order valence-corrected chi connectivity index (χ2v) is 7.80. The van der Waals surface area contributed by atoms with Crippen molar-refractivity contribution >= 4 is 55.5 Å². The Morgan fingerprint density at radius 3 is 2.21 bits per heavy atom. The van der Waals surface area contributed by atoms with Gasteiger partial charge in [-0.15, -0.1) is 0 Å². The maximum atomic E-state index is 13.0. The van der Waals surface area contributed by atoms with Gasteiger partial charge in [-0.25, -0.2) is 0 Å². The van der Waals surface area contributed by atoms with Crippen LogP contribution in [-0.4, -0.2) is 5.78 Å². The third-order valence-corrected chi connectivity index (χ3v) is 5.66. The number of fused-ring (bicyclic) bond motifs is 1. The van der Waals surface area contributed by atoms with Crippen LogP contribution in [-0.2, 0) is 0 Å². The van der Waals surface area contributed by atoms with Crippen molar-refractivity contribution in [3.05, 3.63) is 118 Å². The first-order valence-corrected chi connectivity index (χ1v) is 10.3. The second kappa shape index (κ2) is 8.64. The van der Waals surface area contributed by atoms with E-state index in [4.69, 9.17) is 11.6 Å². The molecule has 4 aromatic carbocycles. The molecule has 2 nitrogen and oxygen atoms in total. The highest BCUT2D eigenvalue weighted by atomic mass is 79.9. The molecule has 1 N–H and O–H groups in total. The number of allylic oxidation sites excluding steroid dienone is 1. The molecule has 4 aromatic rings. The average Bonchev–Trinajstić information content (AvgIpc) is 2.76. The van der Waals surface area contributed by atoms with Crippen LogP contribution >= 0.6 is 27.5 Å². The lowest BCUT2D eigenvalue weighted by Crippen LogP contribution is -2.04. The summed E-state index contributed by atoms with van der Waals surface area (Å²) in [6.45, 7) is 0. The van der Waals surface area contributed by atoms with Crippen LogP contribution in [0.25, 0.3) is 16.5 Å². The molecule has 29 heavy (non-hydrogen) atoms.